The lowest BCUT2D eigenvalue weighted by Crippen LogP contribution is -2.23. The van der Waals surface area contributed by atoms with Crippen LogP contribution < -0.4 is 10.7 Å². The van der Waals surface area contributed by atoms with Crippen molar-refractivity contribution in [3.63, 3.8) is 0 Å². The number of aryl methyl sites for hydroxylation is 1. The van der Waals surface area contributed by atoms with Crippen molar-refractivity contribution in [2.75, 3.05) is 5.32 Å². The fraction of sp³-hybridized carbons (Fsp3) is 0.0769. The average Bonchev–Trinajstić information content (AvgIpc) is 2.90. The molecule has 7 nitrogen and oxygen atoms in total. The van der Waals surface area contributed by atoms with Gasteiger partial charge in [0.15, 0.2) is 10.9 Å². The third-order valence-corrected chi connectivity index (χ3v) is 2.65. The summed E-state index contributed by atoms with van der Waals surface area (Å²) in [5.41, 5.74) is 4.58. The van der Waals surface area contributed by atoms with Gasteiger partial charge >= 0.3 is 5.88 Å². The monoisotopic (exact) mass is 304 g/mol. The van der Waals surface area contributed by atoms with Crippen molar-refractivity contribution >= 4 is 35.1 Å². The lowest BCUT2D eigenvalue weighted by molar-refractivity contribution is -0.402. The Morgan fingerprint density at radius 1 is 1.33 bits per heavy atom. The van der Waals surface area contributed by atoms with E-state index in [1.165, 1.54) is 18.3 Å². The Morgan fingerprint density at radius 2 is 2.05 bits per heavy atom. The Bertz CT molecular complexity index is 679. The zero-order chi connectivity index (χ0) is 15.2. The molecule has 0 atom stereocenters. The summed E-state index contributed by atoms with van der Waals surface area (Å²) >= 11 is 5.06. The molecular formula is C13H12N4O3S. The number of anilines is 1. The normalized spacial score (nSPS) is 10.5. The van der Waals surface area contributed by atoms with E-state index in [1.54, 1.807) is 0 Å². The lowest BCUT2D eigenvalue weighted by atomic mass is 10.2. The molecule has 0 radical (unpaired) electrons. The molecule has 0 saturated carbocycles. The van der Waals surface area contributed by atoms with Gasteiger partial charge in [0.05, 0.1) is 12.3 Å². The van der Waals surface area contributed by atoms with Crippen molar-refractivity contribution in [2.24, 2.45) is 5.10 Å². The third-order valence-electron chi connectivity index (χ3n) is 2.46. The van der Waals surface area contributed by atoms with Gasteiger partial charge in [-0.1, -0.05) is 17.7 Å². The maximum absolute atomic E-state index is 10.4. The summed E-state index contributed by atoms with van der Waals surface area (Å²) in [6.07, 6.45) is 1.30. The van der Waals surface area contributed by atoms with E-state index in [0.29, 0.717) is 5.11 Å². The second-order valence-corrected chi connectivity index (χ2v) is 4.53. The molecule has 0 saturated heterocycles. The summed E-state index contributed by atoms with van der Waals surface area (Å²) in [7, 11) is 0. The summed E-state index contributed by atoms with van der Waals surface area (Å²) in [5, 5.41) is 17.5. The number of nitrogens with one attached hydrogen (secondary N) is 2. The fourth-order valence-corrected chi connectivity index (χ4v) is 1.63. The molecule has 0 fully saturated rings. The number of hydrogen-bond acceptors (Lipinski definition) is 5. The molecule has 0 bridgehead atoms. The van der Waals surface area contributed by atoms with Crippen LogP contribution in [0.25, 0.3) is 0 Å². The molecule has 0 spiro atoms. The van der Waals surface area contributed by atoms with Gasteiger partial charge in [-0.05, 0) is 37.3 Å². The molecule has 1 heterocycles. The van der Waals surface area contributed by atoms with Gasteiger partial charge < -0.3 is 9.73 Å². The first-order valence-corrected chi connectivity index (χ1v) is 6.36. The number of furan rings is 1. The van der Waals surface area contributed by atoms with Crippen molar-refractivity contribution in [1.29, 1.82) is 0 Å². The number of nitrogens with zero attached hydrogens (tertiary/aromatic N) is 2. The lowest BCUT2D eigenvalue weighted by Gasteiger charge is -2.06. The Kier molecular flexibility index (Phi) is 4.62. The highest BCUT2D eigenvalue weighted by Gasteiger charge is 2.10. The number of thiocarbonyl (C=S) groups is 1. The molecule has 21 heavy (non-hydrogen) atoms. The third kappa shape index (κ3) is 4.39. The molecule has 0 amide bonds. The molecule has 2 rings (SSSR count). The van der Waals surface area contributed by atoms with E-state index in [-0.39, 0.29) is 11.6 Å². The highest BCUT2D eigenvalue weighted by atomic mass is 32.1. The number of hydrogen-bond donors (Lipinski definition) is 2. The molecule has 1 aromatic carbocycles. The quantitative estimate of drug-likeness (QED) is 0.390. The number of benzene rings is 1. The van der Waals surface area contributed by atoms with Crippen molar-refractivity contribution in [3.05, 3.63) is 57.8 Å². The summed E-state index contributed by atoms with van der Waals surface area (Å²) in [5.74, 6) is -0.0795. The Morgan fingerprint density at radius 3 is 2.67 bits per heavy atom. The summed E-state index contributed by atoms with van der Waals surface area (Å²) < 4.78 is 4.91. The Labute approximate surface area is 125 Å². The number of hydrazone groups is 1. The van der Waals surface area contributed by atoms with Crippen LogP contribution >= 0.6 is 12.2 Å². The first kappa shape index (κ1) is 14.7. The van der Waals surface area contributed by atoms with E-state index >= 15 is 0 Å². The van der Waals surface area contributed by atoms with Gasteiger partial charge in [0, 0.05) is 5.69 Å². The van der Waals surface area contributed by atoms with Crippen LogP contribution in [0, 0.1) is 17.0 Å². The van der Waals surface area contributed by atoms with Crippen molar-refractivity contribution in [3.8, 4) is 0 Å². The molecule has 8 heteroatoms. The SMILES string of the molecule is Cc1ccc(NC(=S)N/N=C\c2ccc([N+](=O)[O-])o2)cc1. The molecule has 0 aliphatic carbocycles. The molecule has 0 unspecified atom stereocenters. The fourth-order valence-electron chi connectivity index (χ4n) is 1.46. The van der Waals surface area contributed by atoms with Gasteiger partial charge in [0.1, 0.15) is 4.92 Å². The van der Waals surface area contributed by atoms with E-state index in [9.17, 15) is 10.1 Å². The van der Waals surface area contributed by atoms with Crippen LogP contribution in [0.2, 0.25) is 0 Å². The largest absolute Gasteiger partial charge is 0.433 e. The molecule has 108 valence electrons. The highest BCUT2D eigenvalue weighted by molar-refractivity contribution is 7.80. The minimum Gasteiger partial charge on any atom is -0.400 e. The van der Waals surface area contributed by atoms with E-state index in [4.69, 9.17) is 16.6 Å². The zero-order valence-corrected chi connectivity index (χ0v) is 11.9. The summed E-state index contributed by atoms with van der Waals surface area (Å²) in [6, 6.07) is 10.4. The maximum Gasteiger partial charge on any atom is 0.433 e. The van der Waals surface area contributed by atoms with E-state index in [2.05, 4.69) is 15.8 Å². The molecule has 1 aromatic heterocycles. The second-order valence-electron chi connectivity index (χ2n) is 4.12. The summed E-state index contributed by atoms with van der Waals surface area (Å²) in [6.45, 7) is 1.99. The van der Waals surface area contributed by atoms with Gasteiger partial charge in [-0.15, -0.1) is 0 Å². The van der Waals surface area contributed by atoms with Crippen LogP contribution in [0.3, 0.4) is 0 Å². The molecule has 0 aliphatic heterocycles. The highest BCUT2D eigenvalue weighted by Crippen LogP contribution is 2.13. The van der Waals surface area contributed by atoms with Crippen LogP contribution in [0.1, 0.15) is 11.3 Å². The Hall–Kier alpha value is -2.74. The smallest absolute Gasteiger partial charge is 0.400 e. The molecular weight excluding hydrogens is 292 g/mol. The molecule has 0 aliphatic rings. The number of rotatable bonds is 4. The molecule has 2 aromatic rings. The standard InChI is InChI=1S/C13H12N4O3S/c1-9-2-4-10(5-3-9)15-13(21)16-14-8-11-6-7-12(20-11)17(18)19/h2-8H,1H3,(H2,15,16,21)/b14-8-. The predicted octanol–water partition coefficient (Wildman–Crippen LogP) is 2.82. The van der Waals surface area contributed by atoms with Crippen LogP contribution in [-0.4, -0.2) is 16.3 Å². The Balaban J connectivity index is 1.86. The van der Waals surface area contributed by atoms with Crippen LogP contribution in [-0.2, 0) is 0 Å². The van der Waals surface area contributed by atoms with Crippen LogP contribution in [0.4, 0.5) is 11.6 Å². The van der Waals surface area contributed by atoms with Crippen LogP contribution in [0.5, 0.6) is 0 Å². The first-order valence-electron chi connectivity index (χ1n) is 5.95. The van der Waals surface area contributed by atoms with E-state index in [1.807, 2.05) is 31.2 Å². The minimum atomic E-state index is -0.617. The van der Waals surface area contributed by atoms with E-state index < -0.39 is 4.92 Å². The van der Waals surface area contributed by atoms with Gasteiger partial charge in [0.25, 0.3) is 0 Å². The average molecular weight is 304 g/mol. The molecule has 2 N–H and O–H groups in total. The van der Waals surface area contributed by atoms with Crippen molar-refractivity contribution < 1.29 is 9.34 Å². The van der Waals surface area contributed by atoms with Crippen molar-refractivity contribution in [1.82, 2.24) is 5.43 Å². The summed E-state index contributed by atoms with van der Waals surface area (Å²) in [4.78, 5) is 9.83. The predicted molar refractivity (Wildman–Crippen MR) is 83.5 cm³/mol. The van der Waals surface area contributed by atoms with Gasteiger partial charge in [-0.3, -0.25) is 15.5 Å². The maximum atomic E-state index is 10.4. The van der Waals surface area contributed by atoms with Gasteiger partial charge in [-0.25, -0.2) is 0 Å². The second kappa shape index (κ2) is 6.62. The minimum absolute atomic E-state index is 0.257. The zero-order valence-electron chi connectivity index (χ0n) is 11.1. The van der Waals surface area contributed by atoms with Gasteiger partial charge in [-0.2, -0.15) is 5.10 Å². The van der Waals surface area contributed by atoms with E-state index in [0.717, 1.165) is 11.3 Å². The van der Waals surface area contributed by atoms with Crippen molar-refractivity contribution in [2.45, 2.75) is 6.92 Å². The number of nitro groups is 1. The topological polar surface area (TPSA) is 92.7 Å². The van der Waals surface area contributed by atoms with Gasteiger partial charge in [0.2, 0.25) is 0 Å². The first-order chi connectivity index (χ1) is 10.0. The van der Waals surface area contributed by atoms with Crippen LogP contribution in [0.15, 0.2) is 45.9 Å².